The summed E-state index contributed by atoms with van der Waals surface area (Å²) in [6, 6.07) is 6.57. The first-order chi connectivity index (χ1) is 8.62. The molecule has 0 bridgehead atoms. The molecular weight excluding hydrogens is 230 g/mol. The summed E-state index contributed by atoms with van der Waals surface area (Å²) >= 11 is 0. The molecule has 0 N–H and O–H groups in total. The lowest BCUT2D eigenvalue weighted by Crippen LogP contribution is -2.28. The number of benzene rings is 1. The topological polar surface area (TPSA) is 28.1 Å². The van der Waals surface area contributed by atoms with Crippen LogP contribution in [-0.2, 0) is 10.3 Å². The average Bonchev–Trinajstić information content (AvgIpc) is 3.00. The zero-order valence-corrected chi connectivity index (χ0v) is 10.6. The fourth-order valence-corrected chi connectivity index (χ4v) is 2.13. The zero-order chi connectivity index (χ0) is 13.2. The maximum absolute atomic E-state index is 13.3. The van der Waals surface area contributed by atoms with Gasteiger partial charge in [0.1, 0.15) is 19.3 Å². The smallest absolute Gasteiger partial charge is 0.143 e. The van der Waals surface area contributed by atoms with Crippen molar-refractivity contribution < 1.29 is 9.13 Å². The Morgan fingerprint density at radius 3 is 2.89 bits per heavy atom. The van der Waals surface area contributed by atoms with Gasteiger partial charge in [0.25, 0.3) is 0 Å². The third-order valence-electron chi connectivity index (χ3n) is 3.17. The summed E-state index contributed by atoms with van der Waals surface area (Å²) in [5.74, 6) is -0.251. The van der Waals surface area contributed by atoms with Crippen LogP contribution in [0.1, 0.15) is 12.5 Å². The van der Waals surface area contributed by atoms with E-state index in [0.29, 0.717) is 6.54 Å². The van der Waals surface area contributed by atoms with Gasteiger partial charge in [-0.2, -0.15) is 5.10 Å². The molecule has 0 aromatic heterocycles. The van der Waals surface area contributed by atoms with E-state index in [1.165, 1.54) is 12.1 Å². The van der Waals surface area contributed by atoms with Crippen LogP contribution in [0.2, 0.25) is 0 Å². The maximum atomic E-state index is 13.3. The molecular formula is C13H16BFN2O. The Hall–Kier alpha value is -1.62. The first-order valence-corrected chi connectivity index (χ1v) is 5.94. The number of rotatable bonds is 5. The molecule has 0 saturated carbocycles. The Kier molecular flexibility index (Phi) is 3.52. The van der Waals surface area contributed by atoms with E-state index in [9.17, 15) is 4.39 Å². The molecule has 2 rings (SSSR count). The van der Waals surface area contributed by atoms with E-state index < -0.39 is 5.60 Å². The highest BCUT2D eigenvalue weighted by molar-refractivity contribution is 6.13. The van der Waals surface area contributed by atoms with Crippen LogP contribution in [0.3, 0.4) is 0 Å². The van der Waals surface area contributed by atoms with E-state index in [1.807, 2.05) is 20.8 Å². The van der Waals surface area contributed by atoms with E-state index >= 15 is 0 Å². The molecule has 1 aromatic rings. The summed E-state index contributed by atoms with van der Waals surface area (Å²) in [7, 11) is 1.97. The first-order valence-electron chi connectivity index (χ1n) is 5.94. The Labute approximate surface area is 107 Å². The highest BCUT2D eigenvalue weighted by Crippen LogP contribution is 2.45. The summed E-state index contributed by atoms with van der Waals surface area (Å²) in [4.78, 5) is 0. The van der Waals surface area contributed by atoms with Crippen LogP contribution < -0.4 is 0 Å². The molecule has 2 atom stereocenters. The zero-order valence-electron chi connectivity index (χ0n) is 10.6. The van der Waals surface area contributed by atoms with Crippen LogP contribution >= 0.6 is 0 Å². The Bertz CT molecular complexity index is 480. The maximum Gasteiger partial charge on any atom is 0.143 e. The quantitative estimate of drug-likeness (QED) is 0.340. The normalized spacial score (nSPS) is 26.2. The number of hydrazone groups is 1. The lowest BCUT2D eigenvalue weighted by Gasteiger charge is -2.20. The van der Waals surface area contributed by atoms with Gasteiger partial charge in [-0.3, -0.25) is 5.01 Å². The lowest BCUT2D eigenvalue weighted by molar-refractivity contribution is 0.234. The second kappa shape index (κ2) is 4.94. The Balaban J connectivity index is 2.24. The van der Waals surface area contributed by atoms with E-state index in [2.05, 4.69) is 11.7 Å². The van der Waals surface area contributed by atoms with Gasteiger partial charge in [-0.25, -0.2) is 4.39 Å². The standard InChI is InChI=1S/C13H16BFN2O/c1-3-16-17(4-2)9-13(12(14)18-13)10-6-5-7-11(15)8-10/h3-8,12H,2,9,14H2,1H3/b16-3-. The molecule has 0 aliphatic carbocycles. The Morgan fingerprint density at radius 2 is 2.39 bits per heavy atom. The lowest BCUT2D eigenvalue weighted by atomic mass is 9.85. The molecule has 1 aliphatic heterocycles. The molecule has 0 amide bonds. The van der Waals surface area contributed by atoms with Crippen molar-refractivity contribution in [1.82, 2.24) is 5.01 Å². The third-order valence-corrected chi connectivity index (χ3v) is 3.17. The molecule has 94 valence electrons. The summed E-state index contributed by atoms with van der Waals surface area (Å²) in [6.45, 7) is 6.08. The molecule has 2 unspecified atom stereocenters. The Morgan fingerprint density at radius 1 is 1.67 bits per heavy atom. The van der Waals surface area contributed by atoms with Crippen molar-refractivity contribution in [1.29, 1.82) is 0 Å². The van der Waals surface area contributed by atoms with E-state index in [1.54, 1.807) is 23.5 Å². The molecule has 1 heterocycles. The fourth-order valence-electron chi connectivity index (χ4n) is 2.13. The number of ether oxygens (including phenoxy) is 1. The molecule has 1 saturated heterocycles. The molecule has 1 aromatic carbocycles. The van der Waals surface area contributed by atoms with Gasteiger partial charge in [-0.1, -0.05) is 18.7 Å². The summed E-state index contributed by atoms with van der Waals surface area (Å²) in [6.07, 6.45) is 3.32. The summed E-state index contributed by atoms with van der Waals surface area (Å²) < 4.78 is 19.0. The van der Waals surface area contributed by atoms with E-state index in [4.69, 9.17) is 4.74 Å². The monoisotopic (exact) mass is 246 g/mol. The second-order valence-corrected chi connectivity index (χ2v) is 4.31. The van der Waals surface area contributed by atoms with Crippen molar-refractivity contribution in [3.05, 3.63) is 48.4 Å². The number of halogens is 1. The number of nitrogens with zero attached hydrogens (tertiary/aromatic N) is 2. The molecule has 0 spiro atoms. The SMILES string of the molecule is BC1OC1(CN(C=C)/N=C\C)c1cccc(F)c1. The molecule has 3 nitrogen and oxygen atoms in total. The van der Waals surface area contributed by atoms with Crippen molar-refractivity contribution in [3.63, 3.8) is 0 Å². The van der Waals surface area contributed by atoms with Crippen molar-refractivity contribution in [2.45, 2.75) is 18.5 Å². The molecule has 18 heavy (non-hydrogen) atoms. The van der Waals surface area contributed by atoms with Crippen molar-refractivity contribution in [2.24, 2.45) is 5.10 Å². The van der Waals surface area contributed by atoms with Gasteiger partial charge in [0.2, 0.25) is 0 Å². The van der Waals surface area contributed by atoms with Gasteiger partial charge in [0.05, 0.1) is 12.5 Å². The van der Waals surface area contributed by atoms with Crippen LogP contribution in [0.5, 0.6) is 0 Å². The molecule has 5 heteroatoms. The van der Waals surface area contributed by atoms with Gasteiger partial charge < -0.3 is 4.74 Å². The fraction of sp³-hybridized carbons (Fsp3) is 0.308. The van der Waals surface area contributed by atoms with Gasteiger partial charge in [-0.15, -0.1) is 0 Å². The van der Waals surface area contributed by atoms with Crippen molar-refractivity contribution >= 4 is 14.1 Å². The average molecular weight is 246 g/mol. The number of hydrogen-bond acceptors (Lipinski definition) is 3. The van der Waals surface area contributed by atoms with Crippen LogP contribution in [0, 0.1) is 5.82 Å². The van der Waals surface area contributed by atoms with Crippen LogP contribution in [0.25, 0.3) is 0 Å². The van der Waals surface area contributed by atoms with Gasteiger partial charge >= 0.3 is 0 Å². The predicted octanol–water partition coefficient (Wildman–Crippen LogP) is 1.46. The highest BCUT2D eigenvalue weighted by Gasteiger charge is 2.55. The summed E-state index contributed by atoms with van der Waals surface area (Å²) in [5.41, 5.74) is 0.358. The number of epoxide rings is 1. The van der Waals surface area contributed by atoms with Crippen LogP contribution in [-0.4, -0.2) is 31.6 Å². The minimum atomic E-state index is -0.483. The van der Waals surface area contributed by atoms with Crippen molar-refractivity contribution in [2.75, 3.05) is 6.54 Å². The van der Waals surface area contributed by atoms with Crippen LogP contribution in [0.15, 0.2) is 42.1 Å². The van der Waals surface area contributed by atoms with E-state index in [0.717, 1.165) is 5.56 Å². The van der Waals surface area contributed by atoms with Gasteiger partial charge in [0, 0.05) is 12.4 Å². The highest BCUT2D eigenvalue weighted by atomic mass is 19.1. The minimum Gasteiger partial charge on any atom is -0.369 e. The van der Waals surface area contributed by atoms with Gasteiger partial charge in [-0.05, 0) is 24.6 Å². The van der Waals surface area contributed by atoms with Crippen molar-refractivity contribution in [3.8, 4) is 0 Å². The van der Waals surface area contributed by atoms with E-state index in [-0.39, 0.29) is 11.8 Å². The van der Waals surface area contributed by atoms with Gasteiger partial charge in [0.15, 0.2) is 0 Å². The predicted molar refractivity (Wildman–Crippen MR) is 72.6 cm³/mol. The molecule has 0 radical (unpaired) electrons. The second-order valence-electron chi connectivity index (χ2n) is 4.31. The minimum absolute atomic E-state index is 0.0498. The summed E-state index contributed by atoms with van der Waals surface area (Å²) in [5, 5.41) is 5.87. The largest absolute Gasteiger partial charge is 0.369 e. The van der Waals surface area contributed by atoms with Crippen LogP contribution in [0.4, 0.5) is 4.39 Å². The molecule has 1 fully saturated rings. The third kappa shape index (κ3) is 2.31. The molecule has 1 aliphatic rings. The first kappa shape index (κ1) is 12.8. The number of hydrogen-bond donors (Lipinski definition) is 0.